The Morgan fingerprint density at radius 2 is 2.00 bits per heavy atom. The third-order valence-electron chi connectivity index (χ3n) is 7.93. The molecule has 3 heterocycles. The van der Waals surface area contributed by atoms with Crippen molar-refractivity contribution in [3.05, 3.63) is 23.2 Å². The molecule has 1 N–H and O–H groups in total. The van der Waals surface area contributed by atoms with Gasteiger partial charge in [0, 0.05) is 13.1 Å². The highest BCUT2D eigenvalue weighted by Crippen LogP contribution is 2.47. The van der Waals surface area contributed by atoms with Gasteiger partial charge in [-0.1, -0.05) is 18.2 Å². The molecule has 1 aromatic rings. The fourth-order valence-electron chi connectivity index (χ4n) is 6.17. The summed E-state index contributed by atoms with van der Waals surface area (Å²) in [6.07, 6.45) is 2.16. The van der Waals surface area contributed by atoms with Crippen LogP contribution in [0.2, 0.25) is 0 Å². The van der Waals surface area contributed by atoms with Crippen molar-refractivity contribution < 1.29 is 27.2 Å². The molecule has 2 aliphatic carbocycles. The molecule has 186 valence electrons. The summed E-state index contributed by atoms with van der Waals surface area (Å²) < 4.78 is 43.9. The van der Waals surface area contributed by atoms with Crippen LogP contribution in [-0.4, -0.2) is 45.8 Å². The molecule has 4 aliphatic rings. The zero-order chi connectivity index (χ0) is 24.3. The summed E-state index contributed by atoms with van der Waals surface area (Å²) >= 11 is 1.51. The molecule has 4 fully saturated rings. The number of halogens is 3. The number of rotatable bonds is 4. The van der Waals surface area contributed by atoms with Gasteiger partial charge < -0.3 is 14.6 Å². The number of nitrogens with one attached hydrogen (secondary N) is 1. The highest BCUT2D eigenvalue weighted by molar-refractivity contribution is 8.16. The molecule has 4 atom stereocenters. The predicted octanol–water partition coefficient (Wildman–Crippen LogP) is 5.02. The smallest absolute Gasteiger partial charge is 0.450 e. The van der Waals surface area contributed by atoms with E-state index in [1.54, 1.807) is 0 Å². The van der Waals surface area contributed by atoms with E-state index < -0.39 is 28.2 Å². The van der Waals surface area contributed by atoms with Crippen molar-refractivity contribution in [3.63, 3.8) is 0 Å². The molecule has 10 heteroatoms. The van der Waals surface area contributed by atoms with Gasteiger partial charge in [0.25, 0.3) is 5.91 Å². The predicted molar refractivity (Wildman–Crippen MR) is 123 cm³/mol. The third-order valence-corrected chi connectivity index (χ3v) is 9.13. The Morgan fingerprint density at radius 1 is 1.26 bits per heavy atom. The average molecular weight is 498 g/mol. The number of hydrogen-bond acceptors (Lipinski definition) is 5. The minimum atomic E-state index is -4.71. The number of aliphatic imine (C=N–C) groups is 1. The summed E-state index contributed by atoms with van der Waals surface area (Å²) in [4.78, 5) is 32.0. The fraction of sp³-hybridized carbons (Fsp3) is 0.708. The number of nitrogens with zero attached hydrogens (tertiary/aromatic N) is 2. The first-order valence-electron chi connectivity index (χ1n) is 12.1. The van der Waals surface area contributed by atoms with Gasteiger partial charge in [0.1, 0.15) is 5.76 Å². The summed E-state index contributed by atoms with van der Waals surface area (Å²) in [5, 5.41) is 3.71. The number of carbonyl (C=O) groups excluding carboxylic acids is 2. The molecule has 0 spiro atoms. The van der Waals surface area contributed by atoms with E-state index in [1.807, 2.05) is 6.92 Å². The maximum Gasteiger partial charge on any atom is 0.450 e. The Bertz CT molecular complexity index is 1010. The van der Waals surface area contributed by atoms with Crippen LogP contribution in [0.25, 0.3) is 0 Å². The van der Waals surface area contributed by atoms with Gasteiger partial charge in [-0.3, -0.25) is 14.6 Å². The number of carbonyl (C=O) groups is 2. The van der Waals surface area contributed by atoms with Gasteiger partial charge in [0.15, 0.2) is 5.17 Å². The minimum Gasteiger partial charge on any atom is -0.456 e. The van der Waals surface area contributed by atoms with Gasteiger partial charge in [-0.2, -0.15) is 13.2 Å². The van der Waals surface area contributed by atoms with E-state index in [9.17, 15) is 22.8 Å². The molecule has 2 saturated heterocycles. The van der Waals surface area contributed by atoms with Crippen LogP contribution in [0.1, 0.15) is 73.7 Å². The molecule has 0 aromatic carbocycles. The zero-order valence-corrected chi connectivity index (χ0v) is 20.2. The number of fused-ring (bicyclic) bond motifs is 2. The van der Waals surface area contributed by atoms with Crippen LogP contribution in [-0.2, 0) is 11.0 Å². The second-order valence-corrected chi connectivity index (χ2v) is 12.0. The van der Waals surface area contributed by atoms with E-state index in [4.69, 9.17) is 9.41 Å². The average Bonchev–Trinajstić information content (AvgIpc) is 3.52. The Morgan fingerprint density at radius 3 is 2.62 bits per heavy atom. The summed E-state index contributed by atoms with van der Waals surface area (Å²) in [5.74, 6) is -0.192. The van der Waals surface area contributed by atoms with Gasteiger partial charge in [0.2, 0.25) is 11.7 Å². The number of alkyl halides is 3. The molecule has 6 nitrogen and oxygen atoms in total. The molecule has 1 aromatic heterocycles. The van der Waals surface area contributed by atoms with Crippen molar-refractivity contribution in [2.24, 2.45) is 22.7 Å². The van der Waals surface area contributed by atoms with E-state index >= 15 is 0 Å². The number of furan rings is 1. The third kappa shape index (κ3) is 4.50. The Balaban J connectivity index is 1.18. The number of piperidine rings is 1. The minimum absolute atomic E-state index is 0.0263. The van der Waals surface area contributed by atoms with Crippen molar-refractivity contribution in [1.29, 1.82) is 0 Å². The Hall–Kier alpha value is -1.97. The van der Waals surface area contributed by atoms with E-state index in [2.05, 4.69) is 5.32 Å². The second kappa shape index (κ2) is 8.60. The fourth-order valence-corrected chi connectivity index (χ4v) is 7.39. The molecule has 2 saturated carbocycles. The summed E-state index contributed by atoms with van der Waals surface area (Å²) in [7, 11) is 0. The molecule has 2 amide bonds. The molecular weight excluding hydrogens is 467 g/mol. The van der Waals surface area contributed by atoms with Crippen LogP contribution in [0.15, 0.2) is 15.5 Å². The number of hydrogen-bond donors (Lipinski definition) is 1. The second-order valence-electron chi connectivity index (χ2n) is 10.5. The SMILES string of the molecule is Cc1cc(C(=O)N2CCC(CC3(C)SC(=N[C@H]4C[C@H]5CC[C@H]4C5)NC3=O)CC2)c(C(F)(F)F)o1. The monoisotopic (exact) mass is 497 g/mol. The standard InChI is InChI=1S/C24H30F3N3O3S/c1-13-9-17(19(33-13)24(25,26)27)20(31)30-7-5-14(6-8-30)12-23(2)21(32)29-22(34-23)28-18-11-15-3-4-16(18)10-15/h9,14-16,18H,3-8,10-12H2,1-2H3,(H,28,29,32)/t15-,16-,18-,23?/m0/s1. The molecule has 1 unspecified atom stereocenters. The van der Waals surface area contributed by atoms with Crippen molar-refractivity contribution in [3.8, 4) is 0 Å². The van der Waals surface area contributed by atoms with Crippen LogP contribution in [0.3, 0.4) is 0 Å². The van der Waals surface area contributed by atoms with E-state index in [1.165, 1.54) is 42.8 Å². The van der Waals surface area contributed by atoms with Crippen molar-refractivity contribution in [1.82, 2.24) is 10.2 Å². The molecule has 2 aliphatic heterocycles. The molecule has 34 heavy (non-hydrogen) atoms. The normalized spacial score (nSPS) is 33.2. The number of aryl methyl sites for hydroxylation is 1. The first-order chi connectivity index (χ1) is 16.0. The highest BCUT2D eigenvalue weighted by atomic mass is 32.2. The number of amidine groups is 1. The van der Waals surface area contributed by atoms with E-state index in [0.29, 0.717) is 44.3 Å². The maximum absolute atomic E-state index is 13.2. The molecule has 2 bridgehead atoms. The largest absolute Gasteiger partial charge is 0.456 e. The van der Waals surface area contributed by atoms with Crippen LogP contribution < -0.4 is 5.32 Å². The molecule has 5 rings (SSSR count). The summed E-state index contributed by atoms with van der Waals surface area (Å²) in [6.45, 7) is 4.06. The van der Waals surface area contributed by atoms with E-state index in [0.717, 1.165) is 23.6 Å². The number of likely N-dealkylation sites (tertiary alicyclic amines) is 1. The number of amides is 2. The van der Waals surface area contributed by atoms with Crippen molar-refractivity contribution in [2.45, 2.75) is 75.8 Å². The van der Waals surface area contributed by atoms with Crippen LogP contribution in [0.4, 0.5) is 13.2 Å². The van der Waals surface area contributed by atoms with Crippen molar-refractivity contribution in [2.75, 3.05) is 13.1 Å². The summed E-state index contributed by atoms with van der Waals surface area (Å²) in [6, 6.07) is 1.49. The summed E-state index contributed by atoms with van der Waals surface area (Å²) in [5.41, 5.74) is -0.428. The number of thioether (sulfide) groups is 1. The van der Waals surface area contributed by atoms with Gasteiger partial charge in [-0.15, -0.1) is 0 Å². The lowest BCUT2D eigenvalue weighted by Crippen LogP contribution is -2.42. The lowest BCUT2D eigenvalue weighted by atomic mass is 9.87. The maximum atomic E-state index is 13.2. The Labute approximate surface area is 201 Å². The van der Waals surface area contributed by atoms with Crippen LogP contribution >= 0.6 is 11.8 Å². The van der Waals surface area contributed by atoms with Crippen molar-refractivity contribution >= 4 is 28.7 Å². The quantitative estimate of drug-likeness (QED) is 0.634. The van der Waals surface area contributed by atoms with Crippen LogP contribution in [0, 0.1) is 24.7 Å². The topological polar surface area (TPSA) is 74.9 Å². The highest BCUT2D eigenvalue weighted by Gasteiger charge is 2.47. The lowest BCUT2D eigenvalue weighted by molar-refractivity contribution is -0.153. The van der Waals surface area contributed by atoms with Gasteiger partial charge in [-0.25, -0.2) is 0 Å². The van der Waals surface area contributed by atoms with Gasteiger partial charge in [0.05, 0.1) is 16.4 Å². The first-order valence-corrected chi connectivity index (χ1v) is 12.9. The molecule has 0 radical (unpaired) electrons. The van der Waals surface area contributed by atoms with Gasteiger partial charge >= 0.3 is 6.18 Å². The Kier molecular flexibility index (Phi) is 6.01. The zero-order valence-electron chi connectivity index (χ0n) is 19.4. The first kappa shape index (κ1) is 23.8. The van der Waals surface area contributed by atoms with Crippen LogP contribution in [0.5, 0.6) is 0 Å². The lowest BCUT2D eigenvalue weighted by Gasteiger charge is -2.34. The van der Waals surface area contributed by atoms with E-state index in [-0.39, 0.29) is 17.6 Å². The molecular formula is C24H30F3N3O3S. The van der Waals surface area contributed by atoms with Gasteiger partial charge in [-0.05, 0) is 76.2 Å².